The Balaban J connectivity index is 2.44. The molecule has 0 aliphatic carbocycles. The van der Waals surface area contributed by atoms with Gasteiger partial charge in [-0.15, -0.1) is 0 Å². The predicted octanol–water partition coefficient (Wildman–Crippen LogP) is 4.61. The molecule has 0 radical (unpaired) electrons. The van der Waals surface area contributed by atoms with Crippen LogP contribution < -0.4 is 10.5 Å². The van der Waals surface area contributed by atoms with Crippen molar-refractivity contribution >= 4 is 33.4 Å². The first-order valence-electron chi connectivity index (χ1n) is 5.92. The molecule has 0 unspecified atom stereocenters. The van der Waals surface area contributed by atoms with Crippen LogP contribution in [0.4, 0.5) is 0 Å². The lowest BCUT2D eigenvalue weighted by Crippen LogP contribution is -2.12. The highest BCUT2D eigenvalue weighted by molar-refractivity contribution is 9.10. The lowest BCUT2D eigenvalue weighted by molar-refractivity contribution is 0.0998. The zero-order chi connectivity index (χ0) is 14.9. The van der Waals surface area contributed by atoms with E-state index in [1.54, 1.807) is 18.2 Å². The number of amides is 1. The minimum atomic E-state index is -0.553. The van der Waals surface area contributed by atoms with Gasteiger partial charge in [0, 0.05) is 15.6 Å². The summed E-state index contributed by atoms with van der Waals surface area (Å²) in [6.45, 7) is 3.94. The summed E-state index contributed by atoms with van der Waals surface area (Å²) >= 11 is 9.43. The fourth-order valence-electron chi connectivity index (χ4n) is 1.88. The summed E-state index contributed by atoms with van der Waals surface area (Å²) in [4.78, 5) is 11.4. The van der Waals surface area contributed by atoms with E-state index < -0.39 is 5.91 Å². The van der Waals surface area contributed by atoms with E-state index >= 15 is 0 Å². The topological polar surface area (TPSA) is 52.3 Å². The van der Waals surface area contributed by atoms with Crippen LogP contribution >= 0.6 is 27.5 Å². The Morgan fingerprint density at radius 3 is 2.35 bits per heavy atom. The largest absolute Gasteiger partial charge is 0.456 e. The zero-order valence-electron chi connectivity index (χ0n) is 11.0. The Labute approximate surface area is 130 Å². The van der Waals surface area contributed by atoms with Crippen LogP contribution in [0.5, 0.6) is 11.5 Å². The summed E-state index contributed by atoms with van der Waals surface area (Å²) in [5.74, 6) is 0.432. The number of hydrogen-bond acceptors (Lipinski definition) is 2. The van der Waals surface area contributed by atoms with E-state index in [2.05, 4.69) is 15.9 Å². The summed E-state index contributed by atoms with van der Waals surface area (Å²) < 4.78 is 6.80. The molecule has 0 fully saturated rings. The van der Waals surface area contributed by atoms with Crippen LogP contribution in [0.15, 0.2) is 34.8 Å². The third-order valence-electron chi connectivity index (χ3n) is 2.85. The predicted molar refractivity (Wildman–Crippen MR) is 83.7 cm³/mol. The second-order valence-electron chi connectivity index (χ2n) is 4.48. The third-order valence-corrected chi connectivity index (χ3v) is 4.33. The summed E-state index contributed by atoms with van der Waals surface area (Å²) in [5.41, 5.74) is 7.72. The number of ether oxygens (including phenoxy) is 1. The maximum absolute atomic E-state index is 11.4. The van der Waals surface area contributed by atoms with E-state index in [-0.39, 0.29) is 0 Å². The average molecular weight is 355 g/mol. The van der Waals surface area contributed by atoms with Gasteiger partial charge in [0.1, 0.15) is 11.5 Å². The highest BCUT2D eigenvalue weighted by Gasteiger charge is 2.12. The van der Waals surface area contributed by atoms with Crippen LogP contribution in [0, 0.1) is 13.8 Å². The van der Waals surface area contributed by atoms with E-state index in [9.17, 15) is 4.79 Å². The molecule has 2 N–H and O–H groups in total. The van der Waals surface area contributed by atoms with E-state index in [0.29, 0.717) is 22.1 Å². The first-order valence-corrected chi connectivity index (χ1v) is 7.09. The molecule has 104 valence electrons. The number of halogens is 2. The molecule has 2 aromatic carbocycles. The molecule has 0 atom stereocenters. The summed E-state index contributed by atoms with van der Waals surface area (Å²) in [6.07, 6.45) is 0. The molecule has 0 bridgehead atoms. The van der Waals surface area contributed by atoms with Gasteiger partial charge in [-0.25, -0.2) is 0 Å². The van der Waals surface area contributed by atoms with E-state index in [1.807, 2.05) is 26.0 Å². The van der Waals surface area contributed by atoms with Gasteiger partial charge in [0.15, 0.2) is 0 Å². The van der Waals surface area contributed by atoms with Gasteiger partial charge in [0.2, 0.25) is 0 Å². The standard InChI is InChI=1S/C15H13BrClNO2/c1-8-5-11(6-9(2)14(8)16)20-13-7-10(17)3-4-12(13)15(18)19/h3-7H,1-2H3,(H2,18,19). The van der Waals surface area contributed by atoms with Crippen LogP contribution in [-0.2, 0) is 0 Å². The van der Waals surface area contributed by atoms with E-state index in [0.717, 1.165) is 15.6 Å². The van der Waals surface area contributed by atoms with E-state index in [1.165, 1.54) is 0 Å². The van der Waals surface area contributed by atoms with Crippen molar-refractivity contribution in [2.75, 3.05) is 0 Å². The number of primary amides is 1. The normalized spacial score (nSPS) is 10.4. The number of rotatable bonds is 3. The van der Waals surface area contributed by atoms with Crippen LogP contribution in [0.3, 0.4) is 0 Å². The van der Waals surface area contributed by atoms with Crippen molar-refractivity contribution < 1.29 is 9.53 Å². The maximum atomic E-state index is 11.4. The molecule has 0 aliphatic rings. The highest BCUT2D eigenvalue weighted by atomic mass is 79.9. The fraction of sp³-hybridized carbons (Fsp3) is 0.133. The summed E-state index contributed by atoms with van der Waals surface area (Å²) in [7, 11) is 0. The second kappa shape index (κ2) is 5.85. The van der Waals surface area contributed by atoms with Gasteiger partial charge in [-0.05, 0) is 49.2 Å². The maximum Gasteiger partial charge on any atom is 0.252 e. The number of carbonyl (C=O) groups is 1. The Morgan fingerprint density at radius 1 is 1.20 bits per heavy atom. The summed E-state index contributed by atoms with van der Waals surface area (Å²) in [6, 6.07) is 8.49. The SMILES string of the molecule is Cc1cc(Oc2cc(Cl)ccc2C(N)=O)cc(C)c1Br. The van der Waals surface area contributed by atoms with Crippen molar-refractivity contribution in [2.24, 2.45) is 5.73 Å². The van der Waals surface area contributed by atoms with Gasteiger partial charge in [0.25, 0.3) is 5.91 Å². The molecule has 1 amide bonds. The molecule has 0 aromatic heterocycles. The first kappa shape index (κ1) is 14.9. The number of hydrogen-bond donors (Lipinski definition) is 1. The molecule has 2 rings (SSSR count). The van der Waals surface area contributed by atoms with Crippen LogP contribution in [0.1, 0.15) is 21.5 Å². The molecule has 0 heterocycles. The van der Waals surface area contributed by atoms with Gasteiger partial charge in [-0.3, -0.25) is 4.79 Å². The number of benzene rings is 2. The number of carbonyl (C=O) groups excluding carboxylic acids is 1. The molecule has 3 nitrogen and oxygen atoms in total. The van der Waals surface area contributed by atoms with Gasteiger partial charge in [-0.2, -0.15) is 0 Å². The zero-order valence-corrected chi connectivity index (χ0v) is 13.4. The van der Waals surface area contributed by atoms with Crippen LogP contribution in [-0.4, -0.2) is 5.91 Å². The van der Waals surface area contributed by atoms with Gasteiger partial charge in [0.05, 0.1) is 5.56 Å². The molecule has 5 heteroatoms. The molecule has 20 heavy (non-hydrogen) atoms. The molecule has 0 aliphatic heterocycles. The monoisotopic (exact) mass is 353 g/mol. The minimum Gasteiger partial charge on any atom is -0.456 e. The van der Waals surface area contributed by atoms with Gasteiger partial charge in [-0.1, -0.05) is 27.5 Å². The Kier molecular flexibility index (Phi) is 4.35. The van der Waals surface area contributed by atoms with Crippen molar-refractivity contribution in [1.82, 2.24) is 0 Å². The van der Waals surface area contributed by atoms with Crippen molar-refractivity contribution in [3.63, 3.8) is 0 Å². The van der Waals surface area contributed by atoms with Gasteiger partial charge >= 0.3 is 0 Å². The quantitative estimate of drug-likeness (QED) is 0.875. The fourth-order valence-corrected chi connectivity index (χ4v) is 2.27. The minimum absolute atomic E-state index is 0.299. The first-order chi connectivity index (χ1) is 9.38. The van der Waals surface area contributed by atoms with Crippen LogP contribution in [0.25, 0.3) is 0 Å². The van der Waals surface area contributed by atoms with E-state index in [4.69, 9.17) is 22.1 Å². The molecule has 2 aromatic rings. The Bertz CT molecular complexity index is 663. The third kappa shape index (κ3) is 3.14. The number of aryl methyl sites for hydroxylation is 2. The molecular formula is C15H13BrClNO2. The van der Waals surface area contributed by atoms with Crippen molar-refractivity contribution in [1.29, 1.82) is 0 Å². The molecule has 0 saturated carbocycles. The number of nitrogens with two attached hydrogens (primary N) is 1. The van der Waals surface area contributed by atoms with Crippen molar-refractivity contribution in [2.45, 2.75) is 13.8 Å². The van der Waals surface area contributed by atoms with Crippen LogP contribution in [0.2, 0.25) is 5.02 Å². The summed E-state index contributed by atoms with van der Waals surface area (Å²) in [5, 5.41) is 0.482. The molecular weight excluding hydrogens is 342 g/mol. The van der Waals surface area contributed by atoms with Crippen molar-refractivity contribution in [3.05, 3.63) is 56.5 Å². The Hall–Kier alpha value is -1.52. The molecule has 0 saturated heterocycles. The molecule has 0 spiro atoms. The van der Waals surface area contributed by atoms with Crippen molar-refractivity contribution in [3.8, 4) is 11.5 Å². The Morgan fingerprint density at radius 2 is 1.80 bits per heavy atom. The lowest BCUT2D eigenvalue weighted by atomic mass is 10.1. The van der Waals surface area contributed by atoms with Gasteiger partial charge < -0.3 is 10.5 Å². The lowest BCUT2D eigenvalue weighted by Gasteiger charge is -2.12. The average Bonchev–Trinajstić information content (AvgIpc) is 2.35. The second-order valence-corrected chi connectivity index (χ2v) is 5.71. The highest BCUT2D eigenvalue weighted by Crippen LogP contribution is 2.32. The smallest absolute Gasteiger partial charge is 0.252 e.